The first-order valence-corrected chi connectivity index (χ1v) is 12.2. The van der Waals surface area contributed by atoms with Gasteiger partial charge in [-0.05, 0) is 79.9 Å². The van der Waals surface area contributed by atoms with E-state index in [0.717, 1.165) is 22.4 Å². The van der Waals surface area contributed by atoms with Crippen LogP contribution < -0.4 is 23.8 Å². The fourth-order valence-corrected chi connectivity index (χ4v) is 4.68. The van der Waals surface area contributed by atoms with Gasteiger partial charge >= 0.3 is 0 Å². The number of methoxy groups -OCH3 is 1. The highest BCUT2D eigenvalue weighted by molar-refractivity contribution is 6.32. The molecule has 0 saturated carbocycles. The van der Waals surface area contributed by atoms with E-state index >= 15 is 0 Å². The monoisotopic (exact) mass is 495 g/mol. The number of rotatable bonds is 9. The van der Waals surface area contributed by atoms with E-state index in [9.17, 15) is 4.79 Å². The molecule has 1 aliphatic heterocycles. The highest BCUT2D eigenvalue weighted by Crippen LogP contribution is 2.44. The molecule has 0 N–H and O–H groups in total. The molecule has 0 radical (unpaired) electrons. The summed E-state index contributed by atoms with van der Waals surface area (Å²) in [4.78, 5) is 15.4. The fourth-order valence-electron chi connectivity index (χ4n) is 4.43. The minimum atomic E-state index is -0.388. The quantitative estimate of drug-likeness (QED) is 0.352. The van der Waals surface area contributed by atoms with Crippen LogP contribution in [0.4, 0.5) is 5.69 Å². The van der Waals surface area contributed by atoms with Gasteiger partial charge in [-0.1, -0.05) is 23.7 Å². The lowest BCUT2D eigenvalue weighted by molar-refractivity contribution is -0.118. The minimum absolute atomic E-state index is 0.0378. The highest BCUT2D eigenvalue weighted by atomic mass is 35.5. The van der Waals surface area contributed by atoms with Gasteiger partial charge in [0.25, 0.3) is 0 Å². The highest BCUT2D eigenvalue weighted by Gasteiger charge is 2.36. The lowest BCUT2D eigenvalue weighted by Gasteiger charge is -2.38. The molecule has 1 atom stereocenters. The summed E-state index contributed by atoms with van der Waals surface area (Å²) in [6.07, 6.45) is 0.235. The topological polar surface area (TPSA) is 57.2 Å². The molecule has 0 aliphatic carbocycles. The van der Waals surface area contributed by atoms with E-state index in [-0.39, 0.29) is 18.4 Å². The van der Waals surface area contributed by atoms with Gasteiger partial charge in [-0.15, -0.1) is 0 Å². The van der Waals surface area contributed by atoms with Crippen LogP contribution in [0.2, 0.25) is 5.02 Å². The molecule has 184 valence electrons. The maximum atomic E-state index is 13.6. The van der Waals surface area contributed by atoms with Crippen molar-refractivity contribution in [3.05, 3.63) is 76.3 Å². The van der Waals surface area contributed by atoms with E-state index in [4.69, 9.17) is 30.5 Å². The molecule has 35 heavy (non-hydrogen) atoms. The van der Waals surface area contributed by atoms with Crippen LogP contribution >= 0.6 is 11.6 Å². The lowest BCUT2D eigenvalue weighted by Crippen LogP contribution is -2.41. The van der Waals surface area contributed by atoms with Gasteiger partial charge in [0.2, 0.25) is 5.91 Å². The average Bonchev–Trinajstić information content (AvgIpc) is 2.85. The second-order valence-electron chi connectivity index (χ2n) is 8.03. The van der Waals surface area contributed by atoms with E-state index < -0.39 is 0 Å². The molecule has 0 spiro atoms. The van der Waals surface area contributed by atoms with Crippen LogP contribution in [-0.4, -0.2) is 32.8 Å². The van der Waals surface area contributed by atoms with Crippen molar-refractivity contribution in [2.24, 2.45) is 0 Å². The fraction of sp³-hybridized carbons (Fsp3) is 0.321. The van der Waals surface area contributed by atoms with Crippen molar-refractivity contribution in [2.45, 2.75) is 33.2 Å². The Morgan fingerprint density at radius 2 is 1.51 bits per heavy atom. The van der Waals surface area contributed by atoms with E-state index in [2.05, 4.69) is 0 Å². The number of anilines is 1. The minimum Gasteiger partial charge on any atom is -0.495 e. The van der Waals surface area contributed by atoms with Crippen molar-refractivity contribution < 1.29 is 23.7 Å². The molecule has 1 aliphatic rings. The normalized spacial score (nSPS) is 14.9. The van der Waals surface area contributed by atoms with Crippen LogP contribution in [0.1, 0.15) is 43.5 Å². The Kier molecular flexibility index (Phi) is 7.71. The van der Waals surface area contributed by atoms with Crippen LogP contribution in [0, 0.1) is 0 Å². The molecule has 0 saturated heterocycles. The second-order valence-corrected chi connectivity index (χ2v) is 8.43. The third-order valence-electron chi connectivity index (χ3n) is 5.89. The molecule has 7 heteroatoms. The maximum Gasteiger partial charge on any atom is 0.232 e. The standard InChI is InChI=1S/C28H30ClNO5/c1-5-33-21-11-8-18(9-12-21)28-22-17-26(35-7-3)25(34-6-2)14-19(22)15-27(31)30(28)20-10-13-24(32-4)23(29)16-20/h8-14,16-17,28H,5-7,15H2,1-4H3/t28-/m0/s1. The van der Waals surface area contributed by atoms with Crippen LogP contribution in [0.5, 0.6) is 23.0 Å². The number of carbonyl (C=O) groups excluding carboxylic acids is 1. The van der Waals surface area contributed by atoms with Crippen LogP contribution in [0.25, 0.3) is 0 Å². The first kappa shape index (κ1) is 24.7. The van der Waals surface area contributed by atoms with Crippen LogP contribution in [0.15, 0.2) is 54.6 Å². The Morgan fingerprint density at radius 3 is 2.11 bits per heavy atom. The molecule has 6 nitrogen and oxygen atoms in total. The molecule has 0 unspecified atom stereocenters. The number of amides is 1. The third-order valence-corrected chi connectivity index (χ3v) is 6.18. The number of hydrogen-bond donors (Lipinski definition) is 0. The lowest BCUT2D eigenvalue weighted by atomic mass is 9.86. The van der Waals surface area contributed by atoms with Gasteiger partial charge in [0.1, 0.15) is 11.5 Å². The molecule has 3 aromatic carbocycles. The van der Waals surface area contributed by atoms with Crippen molar-refractivity contribution in [1.82, 2.24) is 0 Å². The third kappa shape index (κ3) is 5.03. The Labute approximate surface area is 211 Å². The predicted octanol–water partition coefficient (Wildman–Crippen LogP) is 6.22. The largest absolute Gasteiger partial charge is 0.495 e. The number of hydrogen-bond acceptors (Lipinski definition) is 5. The summed E-state index contributed by atoms with van der Waals surface area (Å²) < 4.78 is 22.7. The van der Waals surface area contributed by atoms with Gasteiger partial charge in [0, 0.05) is 5.69 Å². The Balaban J connectivity index is 1.89. The van der Waals surface area contributed by atoms with Crippen molar-refractivity contribution in [2.75, 3.05) is 31.8 Å². The molecule has 0 aromatic heterocycles. The van der Waals surface area contributed by atoms with Gasteiger partial charge in [-0.2, -0.15) is 0 Å². The SMILES string of the molecule is CCOc1ccc([C@H]2c3cc(OCC)c(OCC)cc3CC(=O)N2c2ccc(OC)c(Cl)c2)cc1. The number of nitrogens with zero attached hydrogens (tertiary/aromatic N) is 1. The molecule has 4 rings (SSSR count). The Hall–Kier alpha value is -3.38. The summed E-state index contributed by atoms with van der Waals surface area (Å²) in [7, 11) is 1.57. The van der Waals surface area contributed by atoms with Crippen molar-refractivity contribution in [1.29, 1.82) is 0 Å². The van der Waals surface area contributed by atoms with Crippen molar-refractivity contribution >= 4 is 23.2 Å². The first-order valence-electron chi connectivity index (χ1n) is 11.8. The first-order chi connectivity index (χ1) is 17.0. The van der Waals surface area contributed by atoms with Crippen LogP contribution in [-0.2, 0) is 11.2 Å². The second kappa shape index (κ2) is 10.9. The molecule has 1 heterocycles. The molecular weight excluding hydrogens is 466 g/mol. The number of ether oxygens (including phenoxy) is 4. The average molecular weight is 496 g/mol. The summed E-state index contributed by atoms with van der Waals surface area (Å²) in [6, 6.07) is 16.8. The number of benzene rings is 3. The van der Waals surface area contributed by atoms with Crippen molar-refractivity contribution in [3.8, 4) is 23.0 Å². The van der Waals surface area contributed by atoms with Gasteiger partial charge in [0.15, 0.2) is 11.5 Å². The van der Waals surface area contributed by atoms with Gasteiger partial charge in [0.05, 0.1) is 44.4 Å². The molecule has 0 bridgehead atoms. The van der Waals surface area contributed by atoms with Crippen LogP contribution in [0.3, 0.4) is 0 Å². The number of carbonyl (C=O) groups is 1. The number of fused-ring (bicyclic) bond motifs is 1. The molecular formula is C28H30ClNO5. The van der Waals surface area contributed by atoms with Crippen molar-refractivity contribution in [3.63, 3.8) is 0 Å². The summed E-state index contributed by atoms with van der Waals surface area (Å²) in [5.41, 5.74) is 3.53. The Bertz CT molecular complexity index is 1190. The summed E-state index contributed by atoms with van der Waals surface area (Å²) >= 11 is 6.45. The zero-order valence-corrected chi connectivity index (χ0v) is 21.2. The predicted molar refractivity (Wildman–Crippen MR) is 137 cm³/mol. The summed E-state index contributed by atoms with van der Waals surface area (Å²) in [5, 5.41) is 0.440. The van der Waals surface area contributed by atoms with E-state index in [0.29, 0.717) is 47.8 Å². The van der Waals surface area contributed by atoms with E-state index in [1.165, 1.54) is 0 Å². The smallest absolute Gasteiger partial charge is 0.232 e. The zero-order valence-electron chi connectivity index (χ0n) is 20.5. The van der Waals surface area contributed by atoms with E-state index in [1.54, 1.807) is 24.1 Å². The summed E-state index contributed by atoms with van der Waals surface area (Å²) in [5.74, 6) is 2.60. The molecule has 1 amide bonds. The maximum absolute atomic E-state index is 13.6. The molecule has 0 fully saturated rings. The van der Waals surface area contributed by atoms with Gasteiger partial charge in [-0.25, -0.2) is 0 Å². The zero-order chi connectivity index (χ0) is 24.9. The van der Waals surface area contributed by atoms with Gasteiger partial charge in [-0.3, -0.25) is 4.79 Å². The molecule has 3 aromatic rings. The summed E-state index contributed by atoms with van der Waals surface area (Å²) in [6.45, 7) is 7.41. The Morgan fingerprint density at radius 1 is 0.857 bits per heavy atom. The van der Waals surface area contributed by atoms with Gasteiger partial charge < -0.3 is 23.8 Å². The van der Waals surface area contributed by atoms with E-state index in [1.807, 2.05) is 63.2 Å². The number of halogens is 1.